The summed E-state index contributed by atoms with van der Waals surface area (Å²) in [6, 6.07) is 1.62. The predicted octanol–water partition coefficient (Wildman–Crippen LogP) is 3.11. The highest BCUT2D eigenvalue weighted by Crippen LogP contribution is 2.38. The first-order chi connectivity index (χ1) is 13.5. The van der Waals surface area contributed by atoms with E-state index in [0.29, 0.717) is 6.54 Å². The number of nitrogens with zero attached hydrogens (tertiary/aromatic N) is 1. The molecule has 152 valence electrons. The Labute approximate surface area is 167 Å². The number of piperidine rings is 1. The van der Waals surface area contributed by atoms with Crippen LogP contribution in [0, 0.1) is 0 Å². The number of hydrogen-bond acceptors (Lipinski definition) is 4. The summed E-state index contributed by atoms with van der Waals surface area (Å²) in [5.74, 6) is 0. The first-order valence-corrected chi connectivity index (χ1v) is 12.0. The molecule has 0 radical (unpaired) electrons. The molecule has 1 saturated heterocycles. The standard InChI is InChI=1S/C21H29N3O3S/c25-21(23-28(26,27)14-6-13-24-11-2-1-3-12-24)22-20-18-9-4-7-16(18)15-17-8-5-10-19(17)20/h6,14-15H,1-5,7-13H2,(H2,22,23,25)/b14-6+. The van der Waals surface area contributed by atoms with Gasteiger partial charge in [0.15, 0.2) is 0 Å². The van der Waals surface area contributed by atoms with Crippen LogP contribution in [0.3, 0.4) is 0 Å². The number of fused-ring (bicyclic) bond motifs is 2. The fourth-order valence-electron chi connectivity index (χ4n) is 4.73. The summed E-state index contributed by atoms with van der Waals surface area (Å²) in [5.41, 5.74) is 5.84. The van der Waals surface area contributed by atoms with Gasteiger partial charge in [0.25, 0.3) is 10.0 Å². The maximum atomic E-state index is 12.4. The number of carbonyl (C=O) groups excluding carboxylic acids is 1. The zero-order chi connectivity index (χ0) is 19.6. The zero-order valence-corrected chi connectivity index (χ0v) is 17.1. The Morgan fingerprint density at radius 2 is 1.61 bits per heavy atom. The van der Waals surface area contributed by atoms with Crippen molar-refractivity contribution in [1.29, 1.82) is 0 Å². The van der Waals surface area contributed by atoms with Crippen molar-refractivity contribution in [2.45, 2.75) is 57.8 Å². The van der Waals surface area contributed by atoms with Crippen LogP contribution in [-0.4, -0.2) is 39.0 Å². The molecule has 2 amide bonds. The molecule has 1 fully saturated rings. The van der Waals surface area contributed by atoms with Crippen LogP contribution < -0.4 is 10.0 Å². The van der Waals surface area contributed by atoms with Crippen LogP contribution in [-0.2, 0) is 35.7 Å². The van der Waals surface area contributed by atoms with Gasteiger partial charge >= 0.3 is 6.03 Å². The third-order valence-corrected chi connectivity index (χ3v) is 7.05. The summed E-state index contributed by atoms with van der Waals surface area (Å²) >= 11 is 0. The van der Waals surface area contributed by atoms with E-state index >= 15 is 0 Å². The topological polar surface area (TPSA) is 78.5 Å². The lowest BCUT2D eigenvalue weighted by Gasteiger charge is -2.24. The van der Waals surface area contributed by atoms with Crippen molar-refractivity contribution in [3.8, 4) is 0 Å². The van der Waals surface area contributed by atoms with Crippen molar-refractivity contribution >= 4 is 21.7 Å². The van der Waals surface area contributed by atoms with E-state index in [9.17, 15) is 13.2 Å². The average molecular weight is 404 g/mol. The number of carbonyl (C=O) groups is 1. The molecule has 2 N–H and O–H groups in total. The summed E-state index contributed by atoms with van der Waals surface area (Å²) in [4.78, 5) is 14.7. The number of sulfonamides is 1. The van der Waals surface area contributed by atoms with Crippen molar-refractivity contribution < 1.29 is 13.2 Å². The molecule has 0 bridgehead atoms. The number of nitrogens with one attached hydrogen (secondary N) is 2. The molecule has 0 spiro atoms. The van der Waals surface area contributed by atoms with Crippen molar-refractivity contribution in [3.63, 3.8) is 0 Å². The smallest absolute Gasteiger partial charge is 0.307 e. The van der Waals surface area contributed by atoms with Gasteiger partial charge in [0.2, 0.25) is 0 Å². The van der Waals surface area contributed by atoms with E-state index in [0.717, 1.165) is 75.6 Å². The summed E-state index contributed by atoms with van der Waals surface area (Å²) in [6.07, 6.45) is 11.3. The van der Waals surface area contributed by atoms with Gasteiger partial charge in [0, 0.05) is 17.6 Å². The quantitative estimate of drug-likeness (QED) is 0.792. The normalized spacial score (nSPS) is 19.6. The monoisotopic (exact) mass is 403 g/mol. The van der Waals surface area contributed by atoms with Crippen molar-refractivity contribution in [1.82, 2.24) is 9.62 Å². The molecule has 0 aromatic heterocycles. The number of likely N-dealkylation sites (tertiary alicyclic amines) is 1. The predicted molar refractivity (Wildman–Crippen MR) is 111 cm³/mol. The van der Waals surface area contributed by atoms with Gasteiger partial charge in [0.1, 0.15) is 0 Å². The maximum Gasteiger partial charge on any atom is 0.333 e. The van der Waals surface area contributed by atoms with Crippen LogP contribution >= 0.6 is 0 Å². The third kappa shape index (κ3) is 4.41. The maximum absolute atomic E-state index is 12.4. The van der Waals surface area contributed by atoms with Gasteiger partial charge in [-0.15, -0.1) is 0 Å². The Kier molecular flexibility index (Phi) is 5.73. The summed E-state index contributed by atoms with van der Waals surface area (Å²) in [6.45, 7) is 2.60. The SMILES string of the molecule is O=C(Nc1c2c(cc3c1CCC3)CCC2)NS(=O)(=O)/C=C/CN1CCCCC1. The first-order valence-electron chi connectivity index (χ1n) is 10.4. The van der Waals surface area contributed by atoms with Gasteiger partial charge in [-0.3, -0.25) is 4.90 Å². The number of amides is 2. The fraction of sp³-hybridized carbons (Fsp3) is 0.571. The molecule has 1 heterocycles. The van der Waals surface area contributed by atoms with E-state index in [1.54, 1.807) is 6.08 Å². The minimum absolute atomic E-state index is 0.599. The van der Waals surface area contributed by atoms with E-state index in [4.69, 9.17) is 0 Å². The molecule has 6 nitrogen and oxygen atoms in total. The lowest BCUT2D eigenvalue weighted by atomic mass is 9.99. The second kappa shape index (κ2) is 8.25. The first kappa shape index (κ1) is 19.5. The van der Waals surface area contributed by atoms with Crippen molar-refractivity contribution in [2.24, 2.45) is 0 Å². The number of aryl methyl sites for hydroxylation is 2. The molecule has 3 aliphatic rings. The molecular weight excluding hydrogens is 374 g/mol. The van der Waals surface area contributed by atoms with Gasteiger partial charge < -0.3 is 5.32 Å². The fourth-order valence-corrected chi connectivity index (χ4v) is 5.45. The molecule has 1 aromatic rings. The molecule has 7 heteroatoms. The second-order valence-electron chi connectivity index (χ2n) is 8.07. The van der Waals surface area contributed by atoms with E-state index < -0.39 is 16.1 Å². The molecule has 1 aromatic carbocycles. The Bertz CT molecular complexity index is 854. The van der Waals surface area contributed by atoms with Crippen molar-refractivity contribution in [3.05, 3.63) is 39.8 Å². The summed E-state index contributed by atoms with van der Waals surface area (Å²) < 4.78 is 26.7. The molecule has 2 aliphatic carbocycles. The van der Waals surface area contributed by atoms with Crippen LogP contribution in [0.5, 0.6) is 0 Å². The van der Waals surface area contributed by atoms with Crippen LogP contribution in [0.1, 0.15) is 54.4 Å². The zero-order valence-electron chi connectivity index (χ0n) is 16.3. The number of urea groups is 1. The highest BCUT2D eigenvalue weighted by molar-refractivity contribution is 7.92. The lowest BCUT2D eigenvalue weighted by molar-refractivity contribution is 0.251. The highest BCUT2D eigenvalue weighted by atomic mass is 32.2. The number of benzene rings is 1. The van der Waals surface area contributed by atoms with E-state index in [-0.39, 0.29) is 0 Å². The molecular formula is C21H29N3O3S. The average Bonchev–Trinajstić information content (AvgIpc) is 3.31. The number of hydrogen-bond donors (Lipinski definition) is 2. The Morgan fingerprint density at radius 3 is 2.25 bits per heavy atom. The van der Waals surface area contributed by atoms with E-state index in [2.05, 4.69) is 21.0 Å². The summed E-state index contributed by atoms with van der Waals surface area (Å²) in [5, 5.41) is 3.98. The highest BCUT2D eigenvalue weighted by Gasteiger charge is 2.25. The molecule has 1 aliphatic heterocycles. The second-order valence-corrected chi connectivity index (χ2v) is 9.63. The minimum Gasteiger partial charge on any atom is -0.307 e. The molecule has 0 unspecified atom stereocenters. The van der Waals surface area contributed by atoms with Gasteiger partial charge in [-0.2, -0.15) is 0 Å². The molecule has 0 saturated carbocycles. The van der Waals surface area contributed by atoms with Gasteiger partial charge in [0.05, 0.1) is 0 Å². The molecule has 4 rings (SSSR count). The number of anilines is 1. The summed E-state index contributed by atoms with van der Waals surface area (Å²) in [7, 11) is -3.80. The Balaban J connectivity index is 1.40. The van der Waals surface area contributed by atoms with Gasteiger partial charge in [-0.05, 0) is 86.7 Å². The number of rotatable bonds is 5. The Hall–Kier alpha value is -1.86. The molecule has 28 heavy (non-hydrogen) atoms. The minimum atomic E-state index is -3.80. The lowest BCUT2D eigenvalue weighted by Crippen LogP contribution is -2.34. The van der Waals surface area contributed by atoms with E-state index in [1.165, 1.54) is 28.7 Å². The van der Waals surface area contributed by atoms with Crippen LogP contribution in [0.4, 0.5) is 10.5 Å². The van der Waals surface area contributed by atoms with Gasteiger partial charge in [-0.1, -0.05) is 18.6 Å². The van der Waals surface area contributed by atoms with Crippen LogP contribution in [0.25, 0.3) is 0 Å². The van der Waals surface area contributed by atoms with Gasteiger partial charge in [-0.25, -0.2) is 17.9 Å². The largest absolute Gasteiger partial charge is 0.333 e. The van der Waals surface area contributed by atoms with Crippen LogP contribution in [0.2, 0.25) is 0 Å². The third-order valence-electron chi connectivity index (χ3n) is 6.03. The van der Waals surface area contributed by atoms with E-state index in [1.807, 2.05) is 0 Å². The van der Waals surface area contributed by atoms with Crippen molar-refractivity contribution in [2.75, 3.05) is 25.0 Å². The van der Waals surface area contributed by atoms with Crippen LogP contribution in [0.15, 0.2) is 17.6 Å². The Morgan fingerprint density at radius 1 is 0.964 bits per heavy atom. The molecule has 0 atom stereocenters.